The number of pyridine rings is 1. The normalized spacial score (nSPS) is 30.4. The van der Waals surface area contributed by atoms with Crippen LogP contribution in [-0.2, 0) is 4.74 Å². The SMILES string of the molecule is CC1NC(=O)O[C@]12CC[C@H](c1ccnc3ccc(F)cc31)CC2. The molecule has 1 spiro atoms. The van der Waals surface area contributed by atoms with Gasteiger partial charge in [-0.25, -0.2) is 9.18 Å². The number of rotatable bonds is 1. The van der Waals surface area contributed by atoms with Crippen molar-refractivity contribution >= 4 is 17.0 Å². The van der Waals surface area contributed by atoms with E-state index in [4.69, 9.17) is 4.74 Å². The molecule has 1 N–H and O–H groups in total. The Kier molecular flexibility index (Phi) is 3.25. The van der Waals surface area contributed by atoms with Crippen LogP contribution in [0, 0.1) is 5.82 Å². The minimum Gasteiger partial charge on any atom is -0.441 e. The monoisotopic (exact) mass is 314 g/mol. The van der Waals surface area contributed by atoms with Gasteiger partial charge in [0.25, 0.3) is 0 Å². The Morgan fingerprint density at radius 2 is 2.09 bits per heavy atom. The van der Waals surface area contributed by atoms with Crippen molar-refractivity contribution in [2.75, 3.05) is 0 Å². The summed E-state index contributed by atoms with van der Waals surface area (Å²) in [5.41, 5.74) is 1.60. The van der Waals surface area contributed by atoms with Gasteiger partial charge < -0.3 is 10.1 Å². The average Bonchev–Trinajstić information content (AvgIpc) is 2.81. The molecule has 4 nitrogen and oxygen atoms in total. The standard InChI is InChI=1S/C18H19FN2O2/c1-11-18(23-17(22)21-11)7-4-12(5-8-18)14-6-9-20-16-3-2-13(19)10-15(14)16/h2-3,6,9-12H,4-5,7-8H2,1H3,(H,21,22)/t11?,12-,18-. The summed E-state index contributed by atoms with van der Waals surface area (Å²) in [5.74, 6) is 0.112. The van der Waals surface area contributed by atoms with Gasteiger partial charge in [0.1, 0.15) is 11.4 Å². The molecular formula is C18H19FN2O2. The quantitative estimate of drug-likeness (QED) is 0.868. The number of carbonyl (C=O) groups excluding carboxylic acids is 1. The van der Waals surface area contributed by atoms with E-state index in [9.17, 15) is 9.18 Å². The van der Waals surface area contributed by atoms with E-state index in [0.717, 1.165) is 42.1 Å². The van der Waals surface area contributed by atoms with E-state index in [0.29, 0.717) is 5.92 Å². The second kappa shape index (κ2) is 5.18. The van der Waals surface area contributed by atoms with Gasteiger partial charge in [0, 0.05) is 11.6 Å². The Bertz CT molecular complexity index is 769. The van der Waals surface area contributed by atoms with Gasteiger partial charge in [-0.1, -0.05) is 0 Å². The van der Waals surface area contributed by atoms with Crippen LogP contribution in [0.3, 0.4) is 0 Å². The molecule has 1 aliphatic carbocycles. The molecule has 1 unspecified atom stereocenters. The molecule has 120 valence electrons. The lowest BCUT2D eigenvalue weighted by atomic mass is 9.73. The fourth-order valence-electron chi connectivity index (χ4n) is 4.06. The smallest absolute Gasteiger partial charge is 0.408 e. The summed E-state index contributed by atoms with van der Waals surface area (Å²) in [6.45, 7) is 2.00. The Morgan fingerprint density at radius 1 is 1.30 bits per heavy atom. The van der Waals surface area contributed by atoms with Gasteiger partial charge in [-0.15, -0.1) is 0 Å². The number of hydrogen-bond donors (Lipinski definition) is 1. The second-order valence-electron chi connectivity index (χ2n) is 6.66. The zero-order valence-corrected chi connectivity index (χ0v) is 13.0. The van der Waals surface area contributed by atoms with Crippen molar-refractivity contribution in [1.82, 2.24) is 10.3 Å². The van der Waals surface area contributed by atoms with Crippen molar-refractivity contribution < 1.29 is 13.9 Å². The topological polar surface area (TPSA) is 51.2 Å². The van der Waals surface area contributed by atoms with Crippen molar-refractivity contribution in [2.45, 2.75) is 50.2 Å². The number of hydrogen-bond acceptors (Lipinski definition) is 3. The van der Waals surface area contributed by atoms with Gasteiger partial charge in [0.05, 0.1) is 11.6 Å². The third-order valence-electron chi connectivity index (χ3n) is 5.43. The molecule has 0 radical (unpaired) electrons. The predicted molar refractivity (Wildman–Crippen MR) is 84.7 cm³/mol. The highest BCUT2D eigenvalue weighted by atomic mass is 19.1. The number of nitrogens with one attached hydrogen (secondary N) is 1. The number of halogens is 1. The zero-order chi connectivity index (χ0) is 16.0. The second-order valence-corrected chi connectivity index (χ2v) is 6.66. The predicted octanol–water partition coefficient (Wildman–Crippen LogP) is 3.90. The molecule has 5 heteroatoms. The summed E-state index contributed by atoms with van der Waals surface area (Å²) in [6.07, 6.45) is 4.99. The van der Waals surface area contributed by atoms with Gasteiger partial charge in [-0.2, -0.15) is 0 Å². The van der Waals surface area contributed by atoms with Crippen molar-refractivity contribution in [1.29, 1.82) is 0 Å². The maximum Gasteiger partial charge on any atom is 0.408 e. The number of fused-ring (bicyclic) bond motifs is 1. The first-order valence-corrected chi connectivity index (χ1v) is 8.11. The summed E-state index contributed by atoms with van der Waals surface area (Å²) in [7, 11) is 0. The van der Waals surface area contributed by atoms with Gasteiger partial charge in [-0.3, -0.25) is 4.98 Å². The molecule has 1 atom stereocenters. The summed E-state index contributed by atoms with van der Waals surface area (Å²) in [5, 5.41) is 3.74. The van der Waals surface area contributed by atoms with Crippen LogP contribution in [0.4, 0.5) is 9.18 Å². The molecule has 4 rings (SSSR count). The number of alkyl carbamates (subject to hydrolysis) is 1. The maximum absolute atomic E-state index is 13.6. The molecule has 1 saturated carbocycles. The lowest BCUT2D eigenvalue weighted by Gasteiger charge is -2.38. The van der Waals surface area contributed by atoms with E-state index in [2.05, 4.69) is 10.3 Å². The molecule has 2 aliphatic rings. The molecule has 1 aromatic carbocycles. The lowest BCUT2D eigenvalue weighted by molar-refractivity contribution is 0.00367. The maximum atomic E-state index is 13.6. The highest BCUT2D eigenvalue weighted by Crippen LogP contribution is 2.44. The van der Waals surface area contributed by atoms with Crippen LogP contribution in [0.1, 0.15) is 44.1 Å². The van der Waals surface area contributed by atoms with Gasteiger partial charge in [0.15, 0.2) is 0 Å². The minimum atomic E-state index is -0.373. The van der Waals surface area contributed by atoms with E-state index in [-0.39, 0.29) is 23.6 Å². The molecular weight excluding hydrogens is 295 g/mol. The van der Waals surface area contributed by atoms with Crippen LogP contribution in [0.5, 0.6) is 0 Å². The molecule has 0 bridgehead atoms. The highest BCUT2D eigenvalue weighted by molar-refractivity contribution is 5.82. The Labute approximate surface area is 134 Å². The summed E-state index contributed by atoms with van der Waals surface area (Å²) < 4.78 is 19.2. The molecule has 1 aliphatic heterocycles. The number of aromatic nitrogens is 1. The molecule has 1 saturated heterocycles. The molecule has 1 amide bonds. The Hall–Kier alpha value is -2.17. The minimum absolute atomic E-state index is 0.0441. The number of benzene rings is 1. The molecule has 2 heterocycles. The van der Waals surface area contributed by atoms with E-state index >= 15 is 0 Å². The zero-order valence-electron chi connectivity index (χ0n) is 13.0. The largest absolute Gasteiger partial charge is 0.441 e. The third-order valence-corrected chi connectivity index (χ3v) is 5.43. The van der Waals surface area contributed by atoms with E-state index in [1.54, 1.807) is 18.3 Å². The molecule has 2 aromatic rings. The Morgan fingerprint density at radius 3 is 2.78 bits per heavy atom. The van der Waals surface area contributed by atoms with E-state index in [1.807, 2.05) is 13.0 Å². The van der Waals surface area contributed by atoms with E-state index in [1.165, 1.54) is 6.07 Å². The first kappa shape index (κ1) is 14.4. The number of nitrogens with zero attached hydrogens (tertiary/aromatic N) is 1. The summed E-state index contributed by atoms with van der Waals surface area (Å²) >= 11 is 0. The lowest BCUT2D eigenvalue weighted by Crippen LogP contribution is -2.44. The highest BCUT2D eigenvalue weighted by Gasteiger charge is 2.48. The van der Waals surface area contributed by atoms with Crippen molar-refractivity contribution in [3.63, 3.8) is 0 Å². The van der Waals surface area contributed by atoms with Gasteiger partial charge in [0.2, 0.25) is 0 Å². The van der Waals surface area contributed by atoms with Crippen LogP contribution in [-0.4, -0.2) is 22.7 Å². The van der Waals surface area contributed by atoms with Gasteiger partial charge in [-0.05, 0) is 68.4 Å². The van der Waals surface area contributed by atoms with E-state index < -0.39 is 0 Å². The summed E-state index contributed by atoms with van der Waals surface area (Å²) in [6, 6.07) is 6.78. The first-order valence-electron chi connectivity index (χ1n) is 8.11. The molecule has 1 aromatic heterocycles. The third kappa shape index (κ3) is 2.35. The molecule has 23 heavy (non-hydrogen) atoms. The van der Waals surface area contributed by atoms with Crippen LogP contribution in [0.25, 0.3) is 10.9 Å². The number of amides is 1. The van der Waals surface area contributed by atoms with Crippen molar-refractivity contribution in [3.05, 3.63) is 41.8 Å². The van der Waals surface area contributed by atoms with Crippen molar-refractivity contribution in [3.8, 4) is 0 Å². The Balaban J connectivity index is 1.62. The van der Waals surface area contributed by atoms with Crippen LogP contribution in [0.15, 0.2) is 30.5 Å². The summed E-state index contributed by atoms with van der Waals surface area (Å²) in [4.78, 5) is 15.8. The average molecular weight is 314 g/mol. The van der Waals surface area contributed by atoms with Crippen LogP contribution >= 0.6 is 0 Å². The molecule has 2 fully saturated rings. The van der Waals surface area contributed by atoms with Gasteiger partial charge >= 0.3 is 6.09 Å². The van der Waals surface area contributed by atoms with Crippen LogP contribution < -0.4 is 5.32 Å². The van der Waals surface area contributed by atoms with Crippen molar-refractivity contribution in [2.24, 2.45) is 0 Å². The van der Waals surface area contributed by atoms with Crippen LogP contribution in [0.2, 0.25) is 0 Å². The fourth-order valence-corrected chi connectivity index (χ4v) is 4.06. The number of carbonyl (C=O) groups is 1. The number of ether oxygens (including phenoxy) is 1. The fraction of sp³-hybridized carbons (Fsp3) is 0.444. The first-order chi connectivity index (χ1) is 11.1.